The average Bonchev–Trinajstić information content (AvgIpc) is 3.00. The second-order valence-corrected chi connectivity index (χ2v) is 12.3. The highest BCUT2D eigenvalue weighted by atomic mass is 16.6. The summed E-state index contributed by atoms with van der Waals surface area (Å²) < 4.78 is 5.59. The molecule has 2 atom stereocenters. The molecule has 0 aliphatic heterocycles. The van der Waals surface area contributed by atoms with E-state index in [1.54, 1.807) is 0 Å². The summed E-state index contributed by atoms with van der Waals surface area (Å²) in [6.07, 6.45) is 2.95. The van der Waals surface area contributed by atoms with Gasteiger partial charge in [-0.2, -0.15) is 0 Å². The third kappa shape index (κ3) is 10.4. The van der Waals surface area contributed by atoms with Crippen LogP contribution >= 0.6 is 0 Å². The maximum atomic E-state index is 13.8. The smallest absolute Gasteiger partial charge is 0.307 e. The minimum atomic E-state index is -0.778. The lowest BCUT2D eigenvalue weighted by Crippen LogP contribution is -2.50. The number of hydrogen-bond acceptors (Lipinski definition) is 4. The Bertz CT molecular complexity index is 1510. The number of esters is 1. The van der Waals surface area contributed by atoms with Gasteiger partial charge in [0.25, 0.3) is 0 Å². The van der Waals surface area contributed by atoms with E-state index in [9.17, 15) is 14.4 Å². The van der Waals surface area contributed by atoms with E-state index in [-0.39, 0.29) is 18.2 Å². The van der Waals surface area contributed by atoms with Gasteiger partial charge in [-0.25, -0.2) is 0 Å². The molecule has 4 rings (SSSR count). The zero-order chi connectivity index (χ0) is 31.4. The molecule has 0 fully saturated rings. The molecule has 0 spiro atoms. The summed E-state index contributed by atoms with van der Waals surface area (Å²) in [5, 5.41) is 8.37. The van der Waals surface area contributed by atoms with Crippen molar-refractivity contribution in [3.63, 3.8) is 0 Å². The Balaban J connectivity index is 1.46. The van der Waals surface area contributed by atoms with Gasteiger partial charge in [0, 0.05) is 18.9 Å². The summed E-state index contributed by atoms with van der Waals surface area (Å²) in [5.41, 5.74) is 2.62. The van der Waals surface area contributed by atoms with Crippen LogP contribution in [0.1, 0.15) is 56.7 Å². The lowest BCUT2D eigenvalue weighted by molar-refractivity contribution is -0.157. The Labute approximate surface area is 261 Å². The first-order valence-corrected chi connectivity index (χ1v) is 15.5. The van der Waals surface area contributed by atoms with Gasteiger partial charge in [0.2, 0.25) is 11.8 Å². The van der Waals surface area contributed by atoms with Crippen LogP contribution in [0.5, 0.6) is 0 Å². The first kappa shape index (κ1) is 32.5. The van der Waals surface area contributed by atoms with E-state index < -0.39 is 23.5 Å². The van der Waals surface area contributed by atoms with E-state index in [4.69, 9.17) is 4.74 Å². The first-order chi connectivity index (χ1) is 21.2. The zero-order valence-corrected chi connectivity index (χ0v) is 26.1. The molecule has 6 nitrogen and oxygen atoms in total. The highest BCUT2D eigenvalue weighted by Crippen LogP contribution is 2.23. The number of nitrogens with one attached hydrogen (secondary N) is 2. The van der Waals surface area contributed by atoms with Crippen molar-refractivity contribution in [3.8, 4) is 0 Å². The van der Waals surface area contributed by atoms with Crippen LogP contribution in [0.2, 0.25) is 0 Å². The van der Waals surface area contributed by atoms with Gasteiger partial charge in [-0.3, -0.25) is 14.4 Å². The summed E-state index contributed by atoms with van der Waals surface area (Å²) in [6, 6.07) is 33.3. The maximum Gasteiger partial charge on any atom is 0.307 e. The zero-order valence-electron chi connectivity index (χ0n) is 26.1. The standard InChI is InChI=1S/C38H44N2O4/c1-38(2,3)44-35(41)27-32(22-13-21-31-20-12-19-30-18-10-11-23-33(30)31)36(42)40-34(26-29-16-8-5-9-17-29)37(43)39-25-24-28-14-6-4-7-15-28/h4-12,14-20,23,32,34H,13,21-22,24-27H2,1-3H3,(H,39,43)(H,40,42)/t32-,34+/m1/s1. The number of rotatable bonds is 14. The van der Waals surface area contributed by atoms with Crippen molar-refractivity contribution < 1.29 is 19.1 Å². The van der Waals surface area contributed by atoms with Crippen molar-refractivity contribution in [2.75, 3.05) is 6.54 Å². The van der Waals surface area contributed by atoms with Gasteiger partial charge < -0.3 is 15.4 Å². The molecule has 0 unspecified atom stereocenters. The molecule has 0 bridgehead atoms. The molecule has 0 saturated carbocycles. The fraction of sp³-hybridized carbons (Fsp3) is 0.342. The summed E-state index contributed by atoms with van der Waals surface area (Å²) >= 11 is 0. The Morgan fingerprint density at radius 2 is 1.36 bits per heavy atom. The lowest BCUT2D eigenvalue weighted by Gasteiger charge is -2.24. The molecule has 4 aromatic rings. The maximum absolute atomic E-state index is 13.8. The Morgan fingerprint density at radius 3 is 2.07 bits per heavy atom. The van der Waals surface area contributed by atoms with Crippen LogP contribution in [0.25, 0.3) is 10.8 Å². The van der Waals surface area contributed by atoms with Crippen LogP contribution < -0.4 is 10.6 Å². The second kappa shape index (κ2) is 15.9. The highest BCUT2D eigenvalue weighted by Gasteiger charge is 2.29. The molecule has 44 heavy (non-hydrogen) atoms. The number of fused-ring (bicyclic) bond motifs is 1. The van der Waals surface area contributed by atoms with Crippen molar-refractivity contribution in [2.24, 2.45) is 5.92 Å². The fourth-order valence-corrected chi connectivity index (χ4v) is 5.41. The van der Waals surface area contributed by atoms with E-state index in [1.807, 2.05) is 99.6 Å². The lowest BCUT2D eigenvalue weighted by atomic mass is 9.93. The molecule has 2 N–H and O–H groups in total. The van der Waals surface area contributed by atoms with Gasteiger partial charge in [-0.05, 0) is 73.9 Å². The highest BCUT2D eigenvalue weighted by molar-refractivity contribution is 5.90. The Kier molecular flexibility index (Phi) is 11.7. The molecule has 0 radical (unpaired) electrons. The van der Waals surface area contributed by atoms with Crippen LogP contribution in [0, 0.1) is 5.92 Å². The number of hydrogen-bond donors (Lipinski definition) is 2. The van der Waals surface area contributed by atoms with E-state index in [1.165, 1.54) is 16.3 Å². The molecule has 6 heteroatoms. The molecule has 0 saturated heterocycles. The van der Waals surface area contributed by atoms with Gasteiger partial charge in [0.1, 0.15) is 11.6 Å². The third-order valence-corrected chi connectivity index (χ3v) is 7.55. The quantitative estimate of drug-likeness (QED) is 0.162. The van der Waals surface area contributed by atoms with E-state index in [0.29, 0.717) is 32.2 Å². The van der Waals surface area contributed by atoms with Crippen LogP contribution in [-0.4, -0.2) is 36.0 Å². The minimum absolute atomic E-state index is 0.0493. The predicted octanol–water partition coefficient (Wildman–Crippen LogP) is 6.60. The van der Waals surface area contributed by atoms with Crippen molar-refractivity contribution >= 4 is 28.6 Å². The number of amides is 2. The van der Waals surface area contributed by atoms with Gasteiger partial charge in [0.05, 0.1) is 6.42 Å². The first-order valence-electron chi connectivity index (χ1n) is 15.5. The van der Waals surface area contributed by atoms with Gasteiger partial charge in [0.15, 0.2) is 0 Å². The van der Waals surface area contributed by atoms with Crippen LogP contribution in [0.3, 0.4) is 0 Å². The molecular weight excluding hydrogens is 548 g/mol. The number of carbonyl (C=O) groups is 3. The molecule has 0 aromatic heterocycles. The molecule has 2 amide bonds. The van der Waals surface area contributed by atoms with Gasteiger partial charge in [-0.1, -0.05) is 103 Å². The Hall–Kier alpha value is -4.45. The summed E-state index contributed by atoms with van der Waals surface area (Å²) in [4.78, 5) is 40.1. The second-order valence-electron chi connectivity index (χ2n) is 12.3. The number of carbonyl (C=O) groups excluding carboxylic acids is 3. The number of aryl methyl sites for hydroxylation is 1. The van der Waals surface area contributed by atoms with E-state index in [0.717, 1.165) is 17.5 Å². The van der Waals surface area contributed by atoms with Crippen molar-refractivity contribution in [1.82, 2.24) is 10.6 Å². The SMILES string of the molecule is CC(C)(C)OC(=O)C[C@@H](CCCc1cccc2ccccc12)C(=O)N[C@@H](Cc1ccccc1)C(=O)NCCc1ccccc1. The molecular formula is C38H44N2O4. The average molecular weight is 593 g/mol. The Morgan fingerprint density at radius 1 is 0.727 bits per heavy atom. The molecule has 0 aliphatic rings. The normalized spacial score (nSPS) is 12.7. The van der Waals surface area contributed by atoms with Gasteiger partial charge in [-0.15, -0.1) is 0 Å². The number of benzene rings is 4. The molecule has 4 aromatic carbocycles. The topological polar surface area (TPSA) is 84.5 Å². The fourth-order valence-electron chi connectivity index (χ4n) is 5.41. The summed E-state index contributed by atoms with van der Waals surface area (Å²) in [7, 11) is 0. The third-order valence-electron chi connectivity index (χ3n) is 7.55. The molecule has 0 aliphatic carbocycles. The summed E-state index contributed by atoms with van der Waals surface area (Å²) in [5.74, 6) is -1.61. The number of ether oxygens (including phenoxy) is 1. The minimum Gasteiger partial charge on any atom is -0.460 e. The molecule has 0 heterocycles. The van der Waals surface area contributed by atoms with Gasteiger partial charge >= 0.3 is 5.97 Å². The van der Waals surface area contributed by atoms with Crippen LogP contribution in [0.15, 0.2) is 103 Å². The predicted molar refractivity (Wildman–Crippen MR) is 176 cm³/mol. The van der Waals surface area contributed by atoms with Crippen molar-refractivity contribution in [1.29, 1.82) is 0 Å². The van der Waals surface area contributed by atoms with Crippen molar-refractivity contribution in [3.05, 3.63) is 120 Å². The van der Waals surface area contributed by atoms with Crippen LogP contribution in [0.4, 0.5) is 0 Å². The molecule has 230 valence electrons. The summed E-state index contributed by atoms with van der Waals surface area (Å²) in [6.45, 7) is 5.90. The van der Waals surface area contributed by atoms with E-state index in [2.05, 4.69) is 34.9 Å². The van der Waals surface area contributed by atoms with E-state index >= 15 is 0 Å². The monoisotopic (exact) mass is 592 g/mol. The van der Waals surface area contributed by atoms with Crippen LogP contribution in [-0.2, 0) is 38.4 Å². The largest absolute Gasteiger partial charge is 0.460 e. The van der Waals surface area contributed by atoms with Crippen molar-refractivity contribution in [2.45, 2.75) is 70.9 Å².